The van der Waals surface area contributed by atoms with E-state index in [1.165, 1.54) is 0 Å². The Kier molecular flexibility index (Phi) is 4.55. The fourth-order valence-corrected chi connectivity index (χ4v) is 2.46. The van der Waals surface area contributed by atoms with Crippen LogP contribution < -0.4 is 0 Å². The molecule has 0 aromatic carbocycles. The first-order valence-electron chi connectivity index (χ1n) is 6.66. The summed E-state index contributed by atoms with van der Waals surface area (Å²) in [5, 5.41) is 22.2. The Morgan fingerprint density at radius 3 is 2.58 bits per heavy atom. The maximum atomic E-state index is 12.2. The molecule has 1 saturated heterocycles. The van der Waals surface area contributed by atoms with Crippen molar-refractivity contribution >= 4 is 5.91 Å². The number of likely N-dealkylation sites (tertiary alicyclic amines) is 1. The van der Waals surface area contributed by atoms with Gasteiger partial charge in [-0.05, 0) is 6.42 Å². The van der Waals surface area contributed by atoms with Crippen molar-refractivity contribution in [1.29, 1.82) is 0 Å². The Bertz CT molecular complexity index is 420. The van der Waals surface area contributed by atoms with E-state index in [1.807, 2.05) is 6.92 Å². The van der Waals surface area contributed by atoms with E-state index >= 15 is 0 Å². The lowest BCUT2D eigenvalue weighted by atomic mass is 9.98. The molecule has 1 aromatic rings. The first kappa shape index (κ1) is 14.0. The second kappa shape index (κ2) is 6.16. The summed E-state index contributed by atoms with van der Waals surface area (Å²) in [6.45, 7) is 2.90. The van der Waals surface area contributed by atoms with Crippen molar-refractivity contribution in [3.63, 3.8) is 0 Å². The molecule has 6 nitrogen and oxygen atoms in total. The van der Waals surface area contributed by atoms with E-state index in [0.29, 0.717) is 24.5 Å². The van der Waals surface area contributed by atoms with Crippen LogP contribution >= 0.6 is 0 Å². The molecule has 0 aliphatic carbocycles. The van der Waals surface area contributed by atoms with Gasteiger partial charge in [-0.25, -0.2) is 0 Å². The van der Waals surface area contributed by atoms with Gasteiger partial charge >= 0.3 is 0 Å². The van der Waals surface area contributed by atoms with Crippen LogP contribution in [0.3, 0.4) is 0 Å². The quantitative estimate of drug-likeness (QED) is 0.802. The predicted octanol–water partition coefficient (Wildman–Crippen LogP) is 0.300. The number of carbonyl (C=O) groups excluding carboxylic acids is 1. The van der Waals surface area contributed by atoms with Crippen LogP contribution in [-0.4, -0.2) is 52.5 Å². The van der Waals surface area contributed by atoms with E-state index in [1.54, 1.807) is 11.0 Å². The van der Waals surface area contributed by atoms with Gasteiger partial charge in [0.1, 0.15) is 5.76 Å². The van der Waals surface area contributed by atoms with Crippen LogP contribution in [0.5, 0.6) is 0 Å². The summed E-state index contributed by atoms with van der Waals surface area (Å²) in [4.78, 5) is 13.8. The molecule has 1 aliphatic heterocycles. The molecule has 0 radical (unpaired) electrons. The first-order chi connectivity index (χ1) is 9.19. The molecule has 1 aliphatic rings. The number of aryl methyl sites for hydroxylation is 1. The monoisotopic (exact) mass is 268 g/mol. The molecular weight excluding hydrogens is 248 g/mol. The highest BCUT2D eigenvalue weighted by Gasteiger charge is 2.35. The number of hydrogen-bond donors (Lipinski definition) is 2. The maximum Gasteiger partial charge on any atom is 0.276 e. The Hall–Kier alpha value is -1.40. The van der Waals surface area contributed by atoms with Gasteiger partial charge in [0.05, 0.1) is 0 Å². The molecule has 1 fully saturated rings. The van der Waals surface area contributed by atoms with Crippen LogP contribution in [0.25, 0.3) is 0 Å². The number of rotatable bonds is 5. The molecule has 0 unspecified atom stereocenters. The van der Waals surface area contributed by atoms with Gasteiger partial charge in [0.15, 0.2) is 5.69 Å². The molecule has 106 valence electrons. The van der Waals surface area contributed by atoms with Crippen molar-refractivity contribution < 1.29 is 19.5 Å². The summed E-state index contributed by atoms with van der Waals surface area (Å²) in [7, 11) is 0. The van der Waals surface area contributed by atoms with Gasteiger partial charge in [-0.3, -0.25) is 4.79 Å². The highest BCUT2D eigenvalue weighted by Crippen LogP contribution is 2.24. The lowest BCUT2D eigenvalue weighted by molar-refractivity contribution is 0.0768. The number of aromatic nitrogens is 1. The van der Waals surface area contributed by atoms with Crippen molar-refractivity contribution in [3.05, 3.63) is 17.5 Å². The lowest BCUT2D eigenvalue weighted by Crippen LogP contribution is -2.29. The van der Waals surface area contributed by atoms with Crippen molar-refractivity contribution in [1.82, 2.24) is 10.1 Å². The van der Waals surface area contributed by atoms with E-state index in [-0.39, 0.29) is 31.0 Å². The molecule has 19 heavy (non-hydrogen) atoms. The van der Waals surface area contributed by atoms with Gasteiger partial charge in [0, 0.05) is 50.6 Å². The largest absolute Gasteiger partial charge is 0.396 e. The maximum absolute atomic E-state index is 12.2. The molecule has 0 bridgehead atoms. The summed E-state index contributed by atoms with van der Waals surface area (Å²) in [6.07, 6.45) is 1.70. The molecule has 2 atom stereocenters. The van der Waals surface area contributed by atoms with Gasteiger partial charge in [-0.15, -0.1) is 0 Å². The lowest BCUT2D eigenvalue weighted by Gasteiger charge is -2.13. The van der Waals surface area contributed by atoms with E-state index in [2.05, 4.69) is 5.16 Å². The summed E-state index contributed by atoms with van der Waals surface area (Å²) < 4.78 is 5.10. The summed E-state index contributed by atoms with van der Waals surface area (Å²) in [6, 6.07) is 1.67. The fourth-order valence-electron chi connectivity index (χ4n) is 2.46. The molecule has 0 spiro atoms. The average molecular weight is 268 g/mol. The van der Waals surface area contributed by atoms with Crippen LogP contribution in [0.2, 0.25) is 0 Å². The third-order valence-electron chi connectivity index (χ3n) is 3.61. The Morgan fingerprint density at radius 1 is 1.42 bits per heavy atom. The number of hydrogen-bond acceptors (Lipinski definition) is 5. The minimum Gasteiger partial charge on any atom is -0.396 e. The van der Waals surface area contributed by atoms with Crippen LogP contribution in [0.4, 0.5) is 0 Å². The highest BCUT2D eigenvalue weighted by molar-refractivity contribution is 5.92. The third-order valence-corrected chi connectivity index (χ3v) is 3.61. The van der Waals surface area contributed by atoms with Crippen LogP contribution in [0, 0.1) is 11.8 Å². The minimum absolute atomic E-state index is 0.0189. The van der Waals surface area contributed by atoms with Crippen molar-refractivity contribution in [3.8, 4) is 0 Å². The normalized spacial score (nSPS) is 23.0. The molecule has 6 heteroatoms. The molecule has 2 N–H and O–H groups in total. The molecule has 2 heterocycles. The third kappa shape index (κ3) is 2.96. The highest BCUT2D eigenvalue weighted by atomic mass is 16.5. The topological polar surface area (TPSA) is 86.8 Å². The van der Waals surface area contributed by atoms with Crippen LogP contribution in [-0.2, 0) is 6.42 Å². The molecule has 0 saturated carbocycles. The zero-order valence-corrected chi connectivity index (χ0v) is 11.1. The SMILES string of the molecule is CCCc1cc(C(=O)N2C[C@@H](CO)[C@H](CO)C2)no1. The average Bonchev–Trinajstić information content (AvgIpc) is 3.04. The number of aliphatic hydroxyl groups is 2. The van der Waals surface area contributed by atoms with Crippen LogP contribution in [0.15, 0.2) is 10.6 Å². The second-order valence-electron chi connectivity index (χ2n) is 5.02. The molecule has 1 amide bonds. The van der Waals surface area contributed by atoms with Gasteiger partial charge in [-0.2, -0.15) is 0 Å². The van der Waals surface area contributed by atoms with E-state index in [0.717, 1.165) is 12.8 Å². The zero-order chi connectivity index (χ0) is 13.8. The molecule has 1 aromatic heterocycles. The summed E-state index contributed by atoms with van der Waals surface area (Å²) in [5.41, 5.74) is 0.304. The number of aliphatic hydroxyl groups excluding tert-OH is 2. The van der Waals surface area contributed by atoms with E-state index in [4.69, 9.17) is 4.52 Å². The number of nitrogens with zero attached hydrogens (tertiary/aromatic N) is 2. The smallest absolute Gasteiger partial charge is 0.276 e. The summed E-state index contributed by atoms with van der Waals surface area (Å²) in [5.74, 6) is 0.398. The minimum atomic E-state index is -0.194. The van der Waals surface area contributed by atoms with E-state index in [9.17, 15) is 15.0 Å². The van der Waals surface area contributed by atoms with Gasteiger partial charge in [0.25, 0.3) is 5.91 Å². The van der Waals surface area contributed by atoms with E-state index < -0.39 is 0 Å². The predicted molar refractivity (Wildman–Crippen MR) is 67.6 cm³/mol. The standard InChI is InChI=1S/C13H20N2O4/c1-2-3-11-4-12(14-19-11)13(18)15-5-9(7-16)10(6-15)8-17/h4,9-10,16-17H,2-3,5-8H2,1H3/t9-,10-/m0/s1. The van der Waals surface area contributed by atoms with Crippen molar-refractivity contribution in [2.45, 2.75) is 19.8 Å². The second-order valence-corrected chi connectivity index (χ2v) is 5.02. The number of carbonyl (C=O) groups is 1. The zero-order valence-electron chi connectivity index (χ0n) is 11.1. The Balaban J connectivity index is 2.03. The first-order valence-corrected chi connectivity index (χ1v) is 6.66. The van der Waals surface area contributed by atoms with Gasteiger partial charge in [0.2, 0.25) is 0 Å². The van der Waals surface area contributed by atoms with Crippen molar-refractivity contribution in [2.75, 3.05) is 26.3 Å². The van der Waals surface area contributed by atoms with Gasteiger partial charge < -0.3 is 19.6 Å². The summed E-state index contributed by atoms with van der Waals surface area (Å²) >= 11 is 0. The Morgan fingerprint density at radius 2 is 2.05 bits per heavy atom. The molecular formula is C13H20N2O4. The Labute approximate surface area is 112 Å². The van der Waals surface area contributed by atoms with Gasteiger partial charge in [-0.1, -0.05) is 12.1 Å². The van der Waals surface area contributed by atoms with Crippen LogP contribution in [0.1, 0.15) is 29.6 Å². The molecule has 2 rings (SSSR count). The number of amides is 1. The fraction of sp³-hybridized carbons (Fsp3) is 0.692. The van der Waals surface area contributed by atoms with Crippen molar-refractivity contribution in [2.24, 2.45) is 11.8 Å².